The van der Waals surface area contributed by atoms with Crippen LogP contribution in [0.1, 0.15) is 111 Å². The van der Waals surface area contributed by atoms with Gasteiger partial charge in [0.25, 0.3) is 0 Å². The number of carbonyl (C=O) groups is 1. The first-order chi connectivity index (χ1) is 10.2. The van der Waals surface area contributed by atoms with E-state index < -0.39 is 0 Å². The van der Waals surface area contributed by atoms with Crippen molar-refractivity contribution < 1.29 is 4.79 Å². The van der Waals surface area contributed by atoms with Gasteiger partial charge in [-0.3, -0.25) is 4.79 Å². The monoisotopic (exact) mass is 314 g/mol. The zero-order chi connectivity index (χ0) is 15.8. The summed E-state index contributed by atoms with van der Waals surface area (Å²) in [6.45, 7) is 6.25. The summed E-state index contributed by atoms with van der Waals surface area (Å²) in [5.74, 6) is 0. The first kappa shape index (κ1) is 21.0. The number of carbonyl (C=O) groups excluding carboxylic acids is 1. The van der Waals surface area contributed by atoms with Crippen LogP contribution in [0, 0.1) is 0 Å². The molecule has 0 N–H and O–H groups in total. The fourth-order valence-corrected chi connectivity index (χ4v) is 3.84. The van der Waals surface area contributed by atoms with Crippen LogP contribution in [0.2, 0.25) is 0 Å². The molecule has 2 heteroatoms. The Morgan fingerprint density at radius 2 is 1.10 bits per heavy atom. The Morgan fingerprint density at radius 1 is 0.714 bits per heavy atom. The van der Waals surface area contributed by atoms with E-state index in [9.17, 15) is 4.79 Å². The predicted molar refractivity (Wildman–Crippen MR) is 98.0 cm³/mol. The summed E-state index contributed by atoms with van der Waals surface area (Å²) in [5, 5.41) is 0.886. The fraction of sp³-hybridized carbons (Fsp3) is 0.947. The van der Waals surface area contributed by atoms with Crippen molar-refractivity contribution in [2.24, 2.45) is 0 Å². The minimum absolute atomic E-state index is 0.303. The van der Waals surface area contributed by atoms with E-state index >= 15 is 0 Å². The molecule has 21 heavy (non-hydrogen) atoms. The highest BCUT2D eigenvalue weighted by Gasteiger charge is 2.11. The topological polar surface area (TPSA) is 17.1 Å². The van der Waals surface area contributed by atoms with Gasteiger partial charge >= 0.3 is 0 Å². The number of thioether (sulfide) groups is 1. The molecule has 0 aliphatic carbocycles. The van der Waals surface area contributed by atoms with Crippen molar-refractivity contribution in [1.82, 2.24) is 0 Å². The summed E-state index contributed by atoms with van der Waals surface area (Å²) >= 11 is 1.60. The van der Waals surface area contributed by atoms with Crippen LogP contribution < -0.4 is 0 Å². The van der Waals surface area contributed by atoms with Gasteiger partial charge in [-0.25, -0.2) is 0 Å². The van der Waals surface area contributed by atoms with Gasteiger partial charge in [0.15, 0.2) is 5.12 Å². The lowest BCUT2D eigenvalue weighted by Gasteiger charge is -2.14. The highest BCUT2D eigenvalue weighted by molar-refractivity contribution is 8.14. The summed E-state index contributed by atoms with van der Waals surface area (Å²) < 4.78 is 0. The van der Waals surface area contributed by atoms with E-state index in [4.69, 9.17) is 0 Å². The quantitative estimate of drug-likeness (QED) is 0.299. The molecule has 0 saturated heterocycles. The Morgan fingerprint density at radius 3 is 1.48 bits per heavy atom. The first-order valence-electron chi connectivity index (χ1n) is 9.37. The molecular formula is C19H38OS. The van der Waals surface area contributed by atoms with Crippen molar-refractivity contribution in [2.45, 2.75) is 116 Å². The number of unbranched alkanes of at least 4 members (excludes halogenated alkanes) is 10. The molecule has 0 unspecified atom stereocenters. The van der Waals surface area contributed by atoms with Gasteiger partial charge in [-0.05, 0) is 12.8 Å². The highest BCUT2D eigenvalue weighted by Crippen LogP contribution is 2.24. The van der Waals surface area contributed by atoms with Gasteiger partial charge in [0.05, 0.1) is 0 Å². The van der Waals surface area contributed by atoms with E-state index in [1.807, 2.05) is 0 Å². The summed E-state index contributed by atoms with van der Waals surface area (Å²) in [4.78, 5) is 11.4. The van der Waals surface area contributed by atoms with Crippen molar-refractivity contribution in [2.75, 3.05) is 0 Å². The molecule has 0 rings (SSSR count). The van der Waals surface area contributed by atoms with Crippen molar-refractivity contribution in [3.05, 3.63) is 0 Å². The van der Waals surface area contributed by atoms with Crippen LogP contribution in [-0.4, -0.2) is 10.4 Å². The Labute approximate surface area is 138 Å². The summed E-state index contributed by atoms with van der Waals surface area (Å²) in [6, 6.07) is 0. The van der Waals surface area contributed by atoms with Gasteiger partial charge in [-0.2, -0.15) is 0 Å². The third kappa shape index (κ3) is 16.2. The normalized spacial score (nSPS) is 11.2. The zero-order valence-electron chi connectivity index (χ0n) is 14.8. The van der Waals surface area contributed by atoms with Crippen LogP contribution in [0.5, 0.6) is 0 Å². The number of hydrogen-bond acceptors (Lipinski definition) is 2. The maximum Gasteiger partial charge on any atom is 0.186 e. The van der Waals surface area contributed by atoms with Gasteiger partial charge in [0.1, 0.15) is 0 Å². The molecule has 0 amide bonds. The van der Waals surface area contributed by atoms with E-state index in [0.29, 0.717) is 10.4 Å². The van der Waals surface area contributed by atoms with Gasteiger partial charge in [0, 0.05) is 12.2 Å². The van der Waals surface area contributed by atoms with Crippen molar-refractivity contribution in [1.29, 1.82) is 0 Å². The SMILES string of the molecule is CCCCCCCCC(CCCCCCCC)SC(C)=O. The minimum atomic E-state index is 0.303. The second-order valence-electron chi connectivity index (χ2n) is 6.34. The second kappa shape index (κ2) is 16.4. The number of rotatable bonds is 15. The molecule has 0 aliphatic heterocycles. The van der Waals surface area contributed by atoms with Crippen molar-refractivity contribution in [3.8, 4) is 0 Å². The average Bonchev–Trinajstić information content (AvgIpc) is 2.45. The van der Waals surface area contributed by atoms with Crippen molar-refractivity contribution in [3.63, 3.8) is 0 Å². The Balaban J connectivity index is 3.64. The number of hydrogen-bond donors (Lipinski definition) is 0. The predicted octanol–water partition coefficient (Wildman–Crippen LogP) is 7.14. The fourth-order valence-electron chi connectivity index (χ4n) is 2.80. The molecule has 126 valence electrons. The Bertz CT molecular complexity index is 212. The third-order valence-corrected chi connectivity index (χ3v) is 5.23. The highest BCUT2D eigenvalue weighted by atomic mass is 32.2. The summed E-state index contributed by atoms with van der Waals surface area (Å²) in [5.41, 5.74) is 0. The van der Waals surface area contributed by atoms with Crippen LogP contribution in [0.15, 0.2) is 0 Å². The lowest BCUT2D eigenvalue weighted by Crippen LogP contribution is -2.05. The largest absolute Gasteiger partial charge is 0.288 e. The molecule has 1 nitrogen and oxygen atoms in total. The van der Waals surface area contributed by atoms with Crippen LogP contribution in [0.25, 0.3) is 0 Å². The Hall–Kier alpha value is 0.0200. The van der Waals surface area contributed by atoms with Gasteiger partial charge in [0.2, 0.25) is 0 Å². The van der Waals surface area contributed by atoms with E-state index in [-0.39, 0.29) is 0 Å². The first-order valence-corrected chi connectivity index (χ1v) is 10.3. The zero-order valence-corrected chi connectivity index (χ0v) is 15.6. The molecule has 0 aromatic carbocycles. The minimum Gasteiger partial charge on any atom is -0.288 e. The lowest BCUT2D eigenvalue weighted by atomic mass is 10.0. The van der Waals surface area contributed by atoms with Gasteiger partial charge in [-0.1, -0.05) is 103 Å². The molecule has 0 atom stereocenters. The molecule has 0 aromatic rings. The van der Waals surface area contributed by atoms with Crippen molar-refractivity contribution >= 4 is 16.9 Å². The lowest BCUT2D eigenvalue weighted by molar-refractivity contribution is -0.109. The van der Waals surface area contributed by atoms with Crippen LogP contribution in [-0.2, 0) is 4.79 Å². The van der Waals surface area contributed by atoms with Gasteiger partial charge in [-0.15, -0.1) is 0 Å². The third-order valence-electron chi connectivity index (χ3n) is 4.09. The summed E-state index contributed by atoms with van der Waals surface area (Å²) in [7, 11) is 0. The molecular weight excluding hydrogens is 276 g/mol. The van der Waals surface area contributed by atoms with E-state index in [1.165, 1.54) is 89.9 Å². The smallest absolute Gasteiger partial charge is 0.186 e. The van der Waals surface area contributed by atoms with Gasteiger partial charge < -0.3 is 0 Å². The maximum absolute atomic E-state index is 11.4. The van der Waals surface area contributed by atoms with E-state index in [1.54, 1.807) is 18.7 Å². The average molecular weight is 315 g/mol. The summed E-state index contributed by atoms with van der Waals surface area (Å²) in [6.07, 6.45) is 18.7. The van der Waals surface area contributed by atoms with Crippen LogP contribution in [0.4, 0.5) is 0 Å². The molecule has 0 fully saturated rings. The van der Waals surface area contributed by atoms with Crippen LogP contribution >= 0.6 is 11.8 Å². The molecule has 0 saturated carbocycles. The standard InChI is InChI=1S/C19H38OS/c1-4-6-8-10-12-14-16-19(21-18(3)20)17-15-13-11-9-7-5-2/h19H,4-17H2,1-3H3. The van der Waals surface area contributed by atoms with E-state index in [0.717, 1.165) is 0 Å². The molecule has 0 heterocycles. The molecule has 0 radical (unpaired) electrons. The molecule has 0 aliphatic rings. The van der Waals surface area contributed by atoms with E-state index in [2.05, 4.69) is 13.8 Å². The maximum atomic E-state index is 11.4. The van der Waals surface area contributed by atoms with Crippen LogP contribution in [0.3, 0.4) is 0 Å². The molecule has 0 spiro atoms. The Kier molecular flexibility index (Phi) is 16.4. The molecule has 0 aromatic heterocycles. The second-order valence-corrected chi connectivity index (χ2v) is 7.82. The molecule has 0 bridgehead atoms.